The van der Waals surface area contributed by atoms with Crippen LogP contribution in [0.2, 0.25) is 0 Å². The summed E-state index contributed by atoms with van der Waals surface area (Å²) in [5.41, 5.74) is 1.49. The number of carbonyl (C=O) groups excluding carboxylic acids is 1. The van der Waals surface area contributed by atoms with E-state index in [1.54, 1.807) is 30.5 Å². The quantitative estimate of drug-likeness (QED) is 0.576. The number of benzene rings is 2. The monoisotopic (exact) mass is 374 g/mol. The lowest BCUT2D eigenvalue weighted by Crippen LogP contribution is -2.12. The molecule has 4 nitrogen and oxygen atoms in total. The van der Waals surface area contributed by atoms with Crippen LogP contribution in [-0.2, 0) is 11.2 Å². The van der Waals surface area contributed by atoms with Crippen molar-refractivity contribution in [1.29, 1.82) is 0 Å². The second-order valence-electron chi connectivity index (χ2n) is 5.44. The van der Waals surface area contributed by atoms with Crippen LogP contribution in [0, 0.1) is 0 Å². The van der Waals surface area contributed by atoms with E-state index in [-0.39, 0.29) is 12.3 Å². The summed E-state index contributed by atoms with van der Waals surface area (Å²) >= 11 is 0.467. The van der Waals surface area contributed by atoms with E-state index < -0.39 is 5.76 Å². The molecule has 1 heterocycles. The summed E-state index contributed by atoms with van der Waals surface area (Å²) in [6.45, 7) is 0. The highest BCUT2D eigenvalue weighted by Crippen LogP contribution is 2.26. The molecule has 134 valence electrons. The van der Waals surface area contributed by atoms with Crippen molar-refractivity contribution in [3.05, 3.63) is 66.7 Å². The van der Waals surface area contributed by atoms with Gasteiger partial charge in [0.1, 0.15) is 0 Å². The van der Waals surface area contributed by atoms with Crippen LogP contribution in [0.4, 0.5) is 14.5 Å². The lowest BCUT2D eigenvalue weighted by Gasteiger charge is -2.05. The number of alkyl halides is 2. The zero-order chi connectivity index (χ0) is 18.4. The Morgan fingerprint density at radius 3 is 2.54 bits per heavy atom. The molecule has 1 amide bonds. The maximum absolute atomic E-state index is 12.3. The van der Waals surface area contributed by atoms with Gasteiger partial charge in [0.2, 0.25) is 5.91 Å². The van der Waals surface area contributed by atoms with E-state index in [1.807, 2.05) is 30.3 Å². The van der Waals surface area contributed by atoms with Gasteiger partial charge < -0.3 is 9.73 Å². The van der Waals surface area contributed by atoms with Gasteiger partial charge >= 0.3 is 0 Å². The molecule has 0 unspecified atom stereocenters. The molecule has 0 bridgehead atoms. The molecular weight excluding hydrogens is 358 g/mol. The average molecular weight is 374 g/mol. The number of rotatable bonds is 7. The Labute approximate surface area is 153 Å². The van der Waals surface area contributed by atoms with Crippen LogP contribution >= 0.6 is 11.8 Å². The molecule has 0 atom stereocenters. The molecule has 0 aliphatic carbocycles. The number of oxazole rings is 1. The fourth-order valence-corrected chi connectivity index (χ4v) is 2.82. The zero-order valence-electron chi connectivity index (χ0n) is 13.7. The summed E-state index contributed by atoms with van der Waals surface area (Å²) < 4.78 is 30.2. The molecule has 0 aliphatic heterocycles. The van der Waals surface area contributed by atoms with E-state index in [4.69, 9.17) is 4.42 Å². The molecule has 1 aromatic heterocycles. The summed E-state index contributed by atoms with van der Waals surface area (Å²) in [6.07, 6.45) is 2.22. The number of thioether (sulfide) groups is 1. The normalized spacial score (nSPS) is 10.9. The smallest absolute Gasteiger partial charge is 0.288 e. The fourth-order valence-electron chi connectivity index (χ4n) is 2.33. The van der Waals surface area contributed by atoms with Crippen LogP contribution in [0.15, 0.2) is 70.1 Å². The van der Waals surface area contributed by atoms with E-state index in [0.29, 0.717) is 40.4 Å². The SMILES string of the molecule is O=C(CCc1ncc(-c2ccccc2)o1)Nc1ccc(SC(F)F)cc1. The molecule has 2 aromatic carbocycles. The first-order valence-corrected chi connectivity index (χ1v) is 8.83. The molecule has 7 heteroatoms. The highest BCUT2D eigenvalue weighted by Gasteiger charge is 2.10. The number of aryl methyl sites for hydroxylation is 1. The predicted octanol–water partition coefficient (Wildman–Crippen LogP) is 5.23. The Balaban J connectivity index is 1.50. The third-order valence-corrected chi connectivity index (χ3v) is 4.26. The zero-order valence-corrected chi connectivity index (χ0v) is 14.5. The van der Waals surface area contributed by atoms with Gasteiger partial charge in [0, 0.05) is 29.0 Å². The van der Waals surface area contributed by atoms with Crippen LogP contribution in [-0.4, -0.2) is 16.6 Å². The fraction of sp³-hybridized carbons (Fsp3) is 0.158. The predicted molar refractivity (Wildman–Crippen MR) is 97.2 cm³/mol. The first kappa shape index (κ1) is 18.1. The number of aromatic nitrogens is 1. The molecule has 0 fully saturated rings. The molecule has 26 heavy (non-hydrogen) atoms. The van der Waals surface area contributed by atoms with Crippen molar-refractivity contribution in [2.75, 3.05) is 5.32 Å². The second kappa shape index (κ2) is 8.62. The van der Waals surface area contributed by atoms with E-state index in [1.165, 1.54) is 0 Å². The highest BCUT2D eigenvalue weighted by atomic mass is 32.2. The maximum atomic E-state index is 12.3. The highest BCUT2D eigenvalue weighted by molar-refractivity contribution is 7.99. The summed E-state index contributed by atoms with van der Waals surface area (Å²) in [7, 11) is 0. The molecule has 0 aliphatic rings. The summed E-state index contributed by atoms with van der Waals surface area (Å²) in [6, 6.07) is 15.9. The van der Waals surface area contributed by atoms with Crippen LogP contribution in [0.5, 0.6) is 0 Å². The van der Waals surface area contributed by atoms with Gasteiger partial charge in [-0.1, -0.05) is 42.1 Å². The maximum Gasteiger partial charge on any atom is 0.288 e. The Morgan fingerprint density at radius 2 is 1.85 bits per heavy atom. The number of nitrogens with zero attached hydrogens (tertiary/aromatic N) is 1. The Hall–Kier alpha value is -2.67. The van der Waals surface area contributed by atoms with Gasteiger partial charge in [-0.05, 0) is 24.3 Å². The lowest BCUT2D eigenvalue weighted by molar-refractivity contribution is -0.116. The van der Waals surface area contributed by atoms with Crippen molar-refractivity contribution in [2.45, 2.75) is 23.5 Å². The van der Waals surface area contributed by atoms with Crippen molar-refractivity contribution in [3.8, 4) is 11.3 Å². The third-order valence-electron chi connectivity index (χ3n) is 3.54. The van der Waals surface area contributed by atoms with Crippen molar-refractivity contribution >= 4 is 23.4 Å². The Morgan fingerprint density at radius 1 is 1.12 bits per heavy atom. The van der Waals surface area contributed by atoms with Crippen molar-refractivity contribution in [1.82, 2.24) is 4.98 Å². The van der Waals surface area contributed by atoms with Gasteiger partial charge in [-0.15, -0.1) is 0 Å². The molecule has 0 saturated carbocycles. The van der Waals surface area contributed by atoms with E-state index in [9.17, 15) is 13.6 Å². The number of anilines is 1. The second-order valence-corrected chi connectivity index (χ2v) is 6.50. The van der Waals surface area contributed by atoms with Crippen molar-refractivity contribution in [3.63, 3.8) is 0 Å². The van der Waals surface area contributed by atoms with Gasteiger partial charge in [-0.25, -0.2) is 4.98 Å². The summed E-state index contributed by atoms with van der Waals surface area (Å²) in [5, 5.41) is 2.73. The van der Waals surface area contributed by atoms with E-state index >= 15 is 0 Å². The van der Waals surface area contributed by atoms with Gasteiger partial charge in [-0.2, -0.15) is 8.78 Å². The van der Waals surface area contributed by atoms with Gasteiger partial charge in [0.25, 0.3) is 5.76 Å². The van der Waals surface area contributed by atoms with Crippen LogP contribution in [0.1, 0.15) is 12.3 Å². The Bertz CT molecular complexity index is 851. The first-order valence-electron chi connectivity index (χ1n) is 7.95. The van der Waals surface area contributed by atoms with Crippen LogP contribution in [0.25, 0.3) is 11.3 Å². The minimum atomic E-state index is -2.46. The van der Waals surface area contributed by atoms with Gasteiger partial charge in [-0.3, -0.25) is 4.79 Å². The minimum absolute atomic E-state index is 0.196. The number of hydrogen-bond donors (Lipinski definition) is 1. The number of carbonyl (C=O) groups is 1. The molecule has 3 rings (SSSR count). The van der Waals surface area contributed by atoms with Gasteiger partial charge in [0.15, 0.2) is 11.7 Å². The number of nitrogens with one attached hydrogen (secondary N) is 1. The first-order chi connectivity index (χ1) is 12.6. The standard InChI is InChI=1S/C19H16F2N2O2S/c20-19(21)26-15-8-6-14(7-9-15)23-17(24)10-11-18-22-12-16(25-18)13-4-2-1-3-5-13/h1-9,12,19H,10-11H2,(H,23,24). The van der Waals surface area contributed by atoms with E-state index in [2.05, 4.69) is 10.3 Å². The molecule has 1 N–H and O–H groups in total. The summed E-state index contributed by atoms with van der Waals surface area (Å²) in [4.78, 5) is 16.7. The topological polar surface area (TPSA) is 55.1 Å². The molecule has 0 spiro atoms. The number of amides is 1. The molecule has 3 aromatic rings. The minimum Gasteiger partial charge on any atom is -0.441 e. The largest absolute Gasteiger partial charge is 0.441 e. The van der Waals surface area contributed by atoms with Crippen molar-refractivity contribution in [2.24, 2.45) is 0 Å². The Kier molecular flexibility index (Phi) is 6.01. The number of hydrogen-bond acceptors (Lipinski definition) is 4. The van der Waals surface area contributed by atoms with E-state index in [0.717, 1.165) is 5.56 Å². The molecular formula is C19H16F2N2O2S. The van der Waals surface area contributed by atoms with Crippen molar-refractivity contribution < 1.29 is 18.0 Å². The van der Waals surface area contributed by atoms with Crippen LogP contribution < -0.4 is 5.32 Å². The van der Waals surface area contributed by atoms with Gasteiger partial charge in [0.05, 0.1) is 6.20 Å². The third kappa shape index (κ3) is 5.16. The van der Waals surface area contributed by atoms with Crippen LogP contribution in [0.3, 0.4) is 0 Å². The lowest BCUT2D eigenvalue weighted by atomic mass is 10.2. The average Bonchev–Trinajstić information content (AvgIpc) is 3.11. The molecule has 0 radical (unpaired) electrons. The summed E-state index contributed by atoms with van der Waals surface area (Å²) in [5.74, 6) is -1.51. The number of halogens is 2. The molecule has 0 saturated heterocycles.